The normalized spacial score (nSPS) is 10.7. The van der Waals surface area contributed by atoms with E-state index < -0.39 is 0 Å². The number of anilines is 1. The summed E-state index contributed by atoms with van der Waals surface area (Å²) in [7, 11) is 1.84. The first-order valence-corrected chi connectivity index (χ1v) is 9.22. The number of benzene rings is 2. The van der Waals surface area contributed by atoms with E-state index in [1.807, 2.05) is 67.7 Å². The first kappa shape index (κ1) is 18.7. The number of nitrogen functional groups attached to an aromatic ring is 1. The van der Waals surface area contributed by atoms with Crippen molar-refractivity contribution < 1.29 is 9.32 Å². The van der Waals surface area contributed by atoms with Crippen LogP contribution in [0.2, 0.25) is 0 Å². The molecule has 1 amide bonds. The minimum atomic E-state index is 0.126. The molecule has 1 heterocycles. The van der Waals surface area contributed by atoms with Crippen LogP contribution in [0.25, 0.3) is 11.3 Å². The van der Waals surface area contributed by atoms with E-state index in [1.54, 1.807) is 4.90 Å². The summed E-state index contributed by atoms with van der Waals surface area (Å²) in [5.41, 5.74) is 9.58. The lowest BCUT2D eigenvalue weighted by atomic mass is 10.1. The Hall–Kier alpha value is -3.08. The summed E-state index contributed by atoms with van der Waals surface area (Å²) in [4.78, 5) is 14.1. The molecule has 2 aromatic carbocycles. The van der Waals surface area contributed by atoms with Crippen LogP contribution in [0, 0.1) is 0 Å². The highest BCUT2D eigenvalue weighted by Crippen LogP contribution is 2.19. The largest absolute Gasteiger partial charge is 0.399 e. The SMILES string of the molecule is CN(CCCc1cc(-c2ccccc2)no1)C(=O)CCc1ccccc1N. The average Bonchev–Trinajstić information content (AvgIpc) is 3.16. The fourth-order valence-corrected chi connectivity index (χ4v) is 2.99. The Bertz CT molecular complexity index is 874. The summed E-state index contributed by atoms with van der Waals surface area (Å²) in [6, 6.07) is 19.6. The first-order valence-electron chi connectivity index (χ1n) is 9.22. The van der Waals surface area contributed by atoms with Crippen molar-refractivity contribution in [2.24, 2.45) is 0 Å². The molecule has 0 aliphatic heterocycles. The van der Waals surface area contributed by atoms with Crippen molar-refractivity contribution >= 4 is 11.6 Å². The van der Waals surface area contributed by atoms with E-state index in [4.69, 9.17) is 10.3 Å². The van der Waals surface area contributed by atoms with Gasteiger partial charge in [0.1, 0.15) is 11.5 Å². The molecule has 1 aromatic heterocycles. The molecule has 0 bridgehead atoms. The number of amides is 1. The zero-order chi connectivity index (χ0) is 19.1. The molecule has 0 radical (unpaired) electrons. The van der Waals surface area contributed by atoms with Gasteiger partial charge in [0.25, 0.3) is 0 Å². The van der Waals surface area contributed by atoms with Crippen LogP contribution < -0.4 is 5.73 Å². The number of carbonyl (C=O) groups excluding carboxylic acids is 1. The minimum absolute atomic E-state index is 0.126. The van der Waals surface area contributed by atoms with Crippen LogP contribution in [0.1, 0.15) is 24.2 Å². The van der Waals surface area contributed by atoms with Crippen molar-refractivity contribution in [3.8, 4) is 11.3 Å². The Balaban J connectivity index is 1.43. The number of rotatable bonds is 8. The van der Waals surface area contributed by atoms with Gasteiger partial charge in [-0.2, -0.15) is 0 Å². The third kappa shape index (κ3) is 5.20. The Labute approximate surface area is 159 Å². The average molecular weight is 363 g/mol. The Kier molecular flexibility index (Phi) is 6.26. The van der Waals surface area contributed by atoms with Crippen LogP contribution in [0.5, 0.6) is 0 Å². The summed E-state index contributed by atoms with van der Waals surface area (Å²) in [5.74, 6) is 0.965. The molecule has 0 fully saturated rings. The lowest BCUT2D eigenvalue weighted by molar-refractivity contribution is -0.129. The third-order valence-corrected chi connectivity index (χ3v) is 4.63. The maximum atomic E-state index is 12.3. The molecule has 140 valence electrons. The molecular weight excluding hydrogens is 338 g/mol. The monoisotopic (exact) mass is 363 g/mol. The molecule has 3 aromatic rings. The van der Waals surface area contributed by atoms with Crippen LogP contribution in [-0.4, -0.2) is 29.6 Å². The van der Waals surface area contributed by atoms with Crippen LogP contribution >= 0.6 is 0 Å². The van der Waals surface area contributed by atoms with E-state index in [2.05, 4.69) is 5.16 Å². The second kappa shape index (κ2) is 9.03. The van der Waals surface area contributed by atoms with Crippen molar-refractivity contribution in [3.63, 3.8) is 0 Å². The Morgan fingerprint density at radius 3 is 2.59 bits per heavy atom. The van der Waals surface area contributed by atoms with Crippen LogP contribution in [0.15, 0.2) is 65.2 Å². The molecule has 3 rings (SSSR count). The molecule has 2 N–H and O–H groups in total. The highest BCUT2D eigenvalue weighted by Gasteiger charge is 2.11. The lowest BCUT2D eigenvalue weighted by Gasteiger charge is -2.17. The highest BCUT2D eigenvalue weighted by atomic mass is 16.5. The molecule has 0 atom stereocenters. The van der Waals surface area contributed by atoms with Gasteiger partial charge in [0.05, 0.1) is 0 Å². The molecule has 5 nitrogen and oxygen atoms in total. The minimum Gasteiger partial charge on any atom is -0.399 e. The third-order valence-electron chi connectivity index (χ3n) is 4.63. The molecule has 0 saturated carbocycles. The maximum absolute atomic E-state index is 12.3. The van der Waals surface area contributed by atoms with Gasteiger partial charge in [-0.1, -0.05) is 53.7 Å². The molecular formula is C22H25N3O2. The van der Waals surface area contributed by atoms with E-state index in [0.29, 0.717) is 19.4 Å². The number of hydrogen-bond acceptors (Lipinski definition) is 4. The van der Waals surface area contributed by atoms with E-state index in [9.17, 15) is 4.79 Å². The quantitative estimate of drug-likeness (QED) is 0.615. The zero-order valence-corrected chi connectivity index (χ0v) is 15.6. The lowest BCUT2D eigenvalue weighted by Crippen LogP contribution is -2.28. The number of hydrogen-bond donors (Lipinski definition) is 1. The maximum Gasteiger partial charge on any atom is 0.222 e. The Morgan fingerprint density at radius 1 is 1.07 bits per heavy atom. The molecule has 5 heteroatoms. The van der Waals surface area contributed by atoms with Crippen molar-refractivity contribution in [1.82, 2.24) is 10.1 Å². The summed E-state index contributed by atoms with van der Waals surface area (Å²) in [6.07, 6.45) is 2.71. The van der Waals surface area contributed by atoms with E-state index in [0.717, 1.165) is 41.1 Å². The van der Waals surface area contributed by atoms with Crippen LogP contribution in [0.3, 0.4) is 0 Å². The predicted octanol–water partition coefficient (Wildman–Crippen LogP) is 3.95. The van der Waals surface area contributed by atoms with Gasteiger partial charge >= 0.3 is 0 Å². The number of nitrogens with zero attached hydrogens (tertiary/aromatic N) is 2. The van der Waals surface area contributed by atoms with Gasteiger partial charge in [-0.25, -0.2) is 0 Å². The van der Waals surface area contributed by atoms with Gasteiger partial charge in [0.2, 0.25) is 5.91 Å². The standard InChI is InChI=1S/C22H25N3O2/c1-25(22(26)14-13-17-8-5-6-12-20(17)23)15-7-11-19-16-21(24-27-19)18-9-3-2-4-10-18/h2-6,8-10,12,16H,7,11,13-15,23H2,1H3. The van der Waals surface area contributed by atoms with Gasteiger partial charge in [-0.05, 0) is 24.5 Å². The van der Waals surface area contributed by atoms with Gasteiger partial charge in [0, 0.05) is 43.8 Å². The summed E-state index contributed by atoms with van der Waals surface area (Å²) < 4.78 is 5.41. The molecule has 0 saturated heterocycles. The topological polar surface area (TPSA) is 72.4 Å². The molecule has 27 heavy (non-hydrogen) atoms. The van der Waals surface area contributed by atoms with Crippen LogP contribution in [-0.2, 0) is 17.6 Å². The van der Waals surface area contributed by atoms with Gasteiger partial charge < -0.3 is 15.2 Å². The number of carbonyl (C=O) groups is 1. The number of aryl methyl sites for hydroxylation is 2. The predicted molar refractivity (Wildman–Crippen MR) is 107 cm³/mol. The molecule has 0 unspecified atom stereocenters. The second-order valence-electron chi connectivity index (χ2n) is 6.66. The summed E-state index contributed by atoms with van der Waals surface area (Å²) >= 11 is 0. The van der Waals surface area contributed by atoms with E-state index >= 15 is 0 Å². The summed E-state index contributed by atoms with van der Waals surface area (Å²) in [6.45, 7) is 0.685. The molecule has 0 aliphatic carbocycles. The number of para-hydroxylation sites is 1. The number of nitrogens with two attached hydrogens (primary N) is 1. The molecule has 0 aliphatic rings. The second-order valence-corrected chi connectivity index (χ2v) is 6.66. The van der Waals surface area contributed by atoms with E-state index in [-0.39, 0.29) is 5.91 Å². The fraction of sp³-hybridized carbons (Fsp3) is 0.273. The van der Waals surface area contributed by atoms with Crippen molar-refractivity contribution in [2.45, 2.75) is 25.7 Å². The smallest absolute Gasteiger partial charge is 0.222 e. The van der Waals surface area contributed by atoms with Crippen molar-refractivity contribution in [2.75, 3.05) is 19.3 Å². The Morgan fingerprint density at radius 2 is 1.81 bits per heavy atom. The van der Waals surface area contributed by atoms with E-state index in [1.165, 1.54) is 0 Å². The van der Waals surface area contributed by atoms with Gasteiger partial charge in [-0.3, -0.25) is 4.79 Å². The van der Waals surface area contributed by atoms with Crippen molar-refractivity contribution in [1.29, 1.82) is 0 Å². The zero-order valence-electron chi connectivity index (χ0n) is 15.6. The van der Waals surface area contributed by atoms with Gasteiger partial charge in [-0.15, -0.1) is 0 Å². The number of aromatic nitrogens is 1. The highest BCUT2D eigenvalue weighted by molar-refractivity contribution is 5.76. The van der Waals surface area contributed by atoms with Crippen LogP contribution in [0.4, 0.5) is 5.69 Å². The first-order chi connectivity index (χ1) is 13.1. The van der Waals surface area contributed by atoms with Crippen molar-refractivity contribution in [3.05, 3.63) is 72.0 Å². The summed E-state index contributed by atoms with van der Waals surface area (Å²) in [5, 5.41) is 4.12. The fourth-order valence-electron chi connectivity index (χ4n) is 2.99. The molecule has 0 spiro atoms. The van der Waals surface area contributed by atoms with Gasteiger partial charge in [0.15, 0.2) is 0 Å².